The van der Waals surface area contributed by atoms with E-state index in [1.165, 1.54) is 0 Å². The zero-order valence-corrected chi connectivity index (χ0v) is 13.4. The van der Waals surface area contributed by atoms with Gasteiger partial charge in [-0.3, -0.25) is 0 Å². The van der Waals surface area contributed by atoms with Crippen molar-refractivity contribution in [3.63, 3.8) is 0 Å². The highest BCUT2D eigenvalue weighted by molar-refractivity contribution is 9.09. The van der Waals surface area contributed by atoms with Crippen LogP contribution in [0.5, 0.6) is 0 Å². The van der Waals surface area contributed by atoms with Gasteiger partial charge in [-0.05, 0) is 19.3 Å². The fraction of sp³-hybridized carbons (Fsp3) is 0.727. The number of rotatable bonds is 3. The summed E-state index contributed by atoms with van der Waals surface area (Å²) in [4.78, 5) is 14.0. The topological polar surface area (TPSA) is 29.5 Å². The van der Waals surface area contributed by atoms with Crippen LogP contribution in [0.4, 0.5) is 0 Å². The summed E-state index contributed by atoms with van der Waals surface area (Å²) in [5.74, 6) is -0.282. The number of esters is 1. The Kier molecular flexibility index (Phi) is 4.55. The first-order valence-electron chi connectivity index (χ1n) is 5.67. The zero-order valence-electron chi connectivity index (χ0n) is 9.54. The number of ether oxygens (including phenoxy) is 1. The van der Waals surface area contributed by atoms with Crippen molar-refractivity contribution in [3.8, 4) is 0 Å². The molecule has 0 N–H and O–H groups in total. The third kappa shape index (κ3) is 2.55. The van der Waals surface area contributed by atoms with E-state index in [9.17, 15) is 4.79 Å². The molecule has 102 valence electrons. The predicted molar refractivity (Wildman–Crippen MR) is 76.4 cm³/mol. The van der Waals surface area contributed by atoms with Crippen molar-refractivity contribution < 1.29 is 9.53 Å². The van der Waals surface area contributed by atoms with E-state index in [1.807, 2.05) is 17.1 Å². The highest BCUT2D eigenvalue weighted by Gasteiger charge is 2.61. The number of nitrogens with zero attached hydrogens (tertiary/aromatic N) is 1. The normalized spacial score (nSPS) is 33.1. The number of alkyl halides is 4. The lowest BCUT2D eigenvalue weighted by Crippen LogP contribution is -2.48. The van der Waals surface area contributed by atoms with Crippen molar-refractivity contribution in [1.82, 2.24) is 4.90 Å². The lowest BCUT2D eigenvalue weighted by Gasteiger charge is -2.31. The highest BCUT2D eigenvalue weighted by Crippen LogP contribution is 2.48. The van der Waals surface area contributed by atoms with Gasteiger partial charge in [0.05, 0.1) is 0 Å². The lowest BCUT2D eigenvalue weighted by atomic mass is 9.92. The first-order valence-corrected chi connectivity index (χ1v) is 7.93. The van der Waals surface area contributed by atoms with Crippen LogP contribution < -0.4 is 0 Å². The molecule has 2 heterocycles. The molecule has 0 amide bonds. The molecule has 2 saturated heterocycles. The van der Waals surface area contributed by atoms with Gasteiger partial charge in [-0.1, -0.05) is 62.9 Å². The number of hydrogen-bond donors (Lipinski definition) is 0. The Hall–Kier alpha value is 0.520. The number of halogens is 4. The second-order valence-electron chi connectivity index (χ2n) is 4.46. The molecule has 2 atom stereocenters. The van der Waals surface area contributed by atoms with E-state index in [-0.39, 0.29) is 5.97 Å². The minimum atomic E-state index is -1.61. The van der Waals surface area contributed by atoms with E-state index in [4.69, 9.17) is 39.5 Å². The molecule has 3 nitrogen and oxygen atoms in total. The van der Waals surface area contributed by atoms with Crippen molar-refractivity contribution in [2.75, 3.05) is 11.9 Å². The third-order valence-electron chi connectivity index (χ3n) is 3.41. The molecule has 0 saturated carbocycles. The van der Waals surface area contributed by atoms with E-state index >= 15 is 0 Å². The summed E-state index contributed by atoms with van der Waals surface area (Å²) in [6, 6.07) is 0. The molecule has 0 bridgehead atoms. The molecule has 0 aromatic carbocycles. The van der Waals surface area contributed by atoms with Crippen molar-refractivity contribution in [3.05, 3.63) is 12.2 Å². The minimum absolute atomic E-state index is 0.282. The van der Waals surface area contributed by atoms with Gasteiger partial charge in [-0.15, -0.1) is 0 Å². The van der Waals surface area contributed by atoms with Crippen molar-refractivity contribution in [1.29, 1.82) is 0 Å². The number of hydrogen-bond acceptors (Lipinski definition) is 3. The monoisotopic (exact) mass is 375 g/mol. The molecule has 0 spiro atoms. The fourth-order valence-electron chi connectivity index (χ4n) is 2.62. The maximum atomic E-state index is 12.1. The Morgan fingerprint density at radius 1 is 1.50 bits per heavy atom. The first-order chi connectivity index (χ1) is 8.42. The van der Waals surface area contributed by atoms with Crippen LogP contribution in [-0.2, 0) is 9.53 Å². The van der Waals surface area contributed by atoms with Gasteiger partial charge in [0.1, 0.15) is 5.54 Å². The largest absolute Gasteiger partial charge is 0.440 e. The molecule has 2 rings (SSSR count). The average molecular weight is 377 g/mol. The van der Waals surface area contributed by atoms with Crippen molar-refractivity contribution >= 4 is 56.7 Å². The Bertz CT molecular complexity index is 372. The van der Waals surface area contributed by atoms with Crippen LogP contribution in [0.2, 0.25) is 0 Å². The molecule has 0 aromatic rings. The van der Waals surface area contributed by atoms with Crippen LogP contribution in [0.25, 0.3) is 0 Å². The zero-order chi connectivity index (χ0) is 13.4. The standard InChI is InChI=1S/C11H13BrCl3NO2/c12-6-2-1-4-10-5-3-7-16(10)8(11(13,14)15)18-9(10)17/h1-2,8H,3-7H2/b2-1-/t8-,10+/m1/s1. The van der Waals surface area contributed by atoms with Gasteiger partial charge in [0.2, 0.25) is 10.0 Å². The van der Waals surface area contributed by atoms with Crippen LogP contribution in [0.3, 0.4) is 0 Å². The number of cyclic esters (lactones) is 1. The molecule has 2 aliphatic heterocycles. The number of allylic oxidation sites excluding steroid dienone is 1. The minimum Gasteiger partial charge on any atom is -0.440 e. The SMILES string of the molecule is O=C1O[C@H](C(Cl)(Cl)Cl)N2CCC[C@@]12C/C=C\CBr. The molecular formula is C11H13BrCl3NO2. The van der Waals surface area contributed by atoms with Gasteiger partial charge < -0.3 is 4.74 Å². The van der Waals surface area contributed by atoms with Gasteiger partial charge in [0.25, 0.3) is 0 Å². The highest BCUT2D eigenvalue weighted by atomic mass is 79.9. The second kappa shape index (κ2) is 5.49. The molecule has 0 radical (unpaired) electrons. The van der Waals surface area contributed by atoms with Crippen LogP contribution in [0.15, 0.2) is 12.2 Å². The molecular weight excluding hydrogens is 364 g/mol. The summed E-state index contributed by atoms with van der Waals surface area (Å²) in [6.45, 7) is 0.715. The number of fused-ring (bicyclic) bond motifs is 1. The molecule has 0 unspecified atom stereocenters. The summed E-state index contributed by atoms with van der Waals surface area (Å²) in [6.07, 6.45) is 5.39. The molecule has 18 heavy (non-hydrogen) atoms. The third-order valence-corrected chi connectivity index (χ3v) is 4.35. The maximum Gasteiger partial charge on any atom is 0.328 e. The van der Waals surface area contributed by atoms with E-state index < -0.39 is 15.6 Å². The van der Waals surface area contributed by atoms with E-state index in [2.05, 4.69) is 15.9 Å². The summed E-state index contributed by atoms with van der Waals surface area (Å²) >= 11 is 21.0. The molecule has 7 heteroatoms. The number of carbonyl (C=O) groups excluding carboxylic acids is 1. The van der Waals surface area contributed by atoms with Gasteiger partial charge in [-0.25, -0.2) is 9.69 Å². The summed E-state index contributed by atoms with van der Waals surface area (Å²) in [5.41, 5.74) is -0.646. The maximum absolute atomic E-state index is 12.1. The van der Waals surface area contributed by atoms with Gasteiger partial charge in [0.15, 0.2) is 0 Å². The molecule has 2 aliphatic rings. The molecule has 0 aromatic heterocycles. The van der Waals surface area contributed by atoms with Crippen molar-refractivity contribution in [2.24, 2.45) is 0 Å². The van der Waals surface area contributed by atoms with Crippen LogP contribution in [0.1, 0.15) is 19.3 Å². The van der Waals surface area contributed by atoms with Crippen LogP contribution >= 0.6 is 50.7 Å². The predicted octanol–water partition coefficient (Wildman–Crippen LogP) is 3.42. The van der Waals surface area contributed by atoms with Gasteiger partial charge in [0, 0.05) is 11.9 Å². The smallest absolute Gasteiger partial charge is 0.328 e. The van der Waals surface area contributed by atoms with Gasteiger partial charge in [-0.2, -0.15) is 0 Å². The molecule has 2 fully saturated rings. The van der Waals surface area contributed by atoms with E-state index in [1.54, 1.807) is 0 Å². The average Bonchev–Trinajstić information content (AvgIpc) is 2.78. The van der Waals surface area contributed by atoms with Crippen LogP contribution in [-0.4, -0.2) is 38.3 Å². The van der Waals surface area contributed by atoms with Crippen molar-refractivity contribution in [2.45, 2.75) is 34.8 Å². The van der Waals surface area contributed by atoms with Gasteiger partial charge >= 0.3 is 5.97 Å². The fourth-order valence-corrected chi connectivity index (χ4v) is 3.37. The quantitative estimate of drug-likeness (QED) is 0.429. The van der Waals surface area contributed by atoms with Crippen LogP contribution in [0, 0.1) is 0 Å². The first kappa shape index (κ1) is 14.9. The Morgan fingerprint density at radius 2 is 2.22 bits per heavy atom. The number of carbonyl (C=O) groups is 1. The Labute approximate surface area is 129 Å². The Morgan fingerprint density at radius 3 is 2.83 bits per heavy atom. The summed E-state index contributed by atoms with van der Waals surface area (Å²) in [5, 5.41) is 0.756. The van der Waals surface area contributed by atoms with E-state index in [0.717, 1.165) is 18.2 Å². The summed E-state index contributed by atoms with van der Waals surface area (Å²) < 4.78 is 3.66. The van der Waals surface area contributed by atoms with E-state index in [0.29, 0.717) is 13.0 Å². The second-order valence-corrected chi connectivity index (χ2v) is 7.47. The molecule has 0 aliphatic carbocycles. The summed E-state index contributed by atoms with van der Waals surface area (Å²) in [7, 11) is 0. The lowest BCUT2D eigenvalue weighted by molar-refractivity contribution is -0.145. The Balaban J connectivity index is 2.23.